The Bertz CT molecular complexity index is 1160. The highest BCUT2D eigenvalue weighted by Gasteiger charge is 2.30. The number of hydrogen-bond acceptors (Lipinski definition) is 4. The van der Waals surface area contributed by atoms with E-state index in [1.807, 2.05) is 23.1 Å². The standard InChI is InChI=1S/C28H37N3O3S/c1-22-11-15-29(16-12-22)19-23-6-5-14-30(20-23)28(32)25-9-4-10-27(18-25)35(33,34)31-17-13-24-7-2-3-8-26(24)21-31/h2-4,7-10,18,22-23H,5-6,11-17,19-21H2,1H3. The van der Waals surface area contributed by atoms with Gasteiger partial charge in [-0.05, 0) is 86.4 Å². The Morgan fingerprint density at radius 3 is 2.51 bits per heavy atom. The topological polar surface area (TPSA) is 60.9 Å². The molecule has 0 aliphatic carbocycles. The highest BCUT2D eigenvalue weighted by atomic mass is 32.2. The molecule has 1 amide bonds. The summed E-state index contributed by atoms with van der Waals surface area (Å²) in [6.07, 6.45) is 5.39. The molecule has 2 aromatic rings. The van der Waals surface area contributed by atoms with Gasteiger partial charge in [0.15, 0.2) is 0 Å². The number of carbonyl (C=O) groups is 1. The molecule has 0 saturated carbocycles. The Balaban J connectivity index is 1.26. The van der Waals surface area contributed by atoms with Crippen LogP contribution in [0.15, 0.2) is 53.4 Å². The van der Waals surface area contributed by atoms with E-state index in [2.05, 4.69) is 17.9 Å². The summed E-state index contributed by atoms with van der Waals surface area (Å²) in [5.74, 6) is 1.25. The Morgan fingerprint density at radius 1 is 0.943 bits per heavy atom. The van der Waals surface area contributed by atoms with Gasteiger partial charge in [0.1, 0.15) is 0 Å². The number of benzene rings is 2. The fraction of sp³-hybridized carbons (Fsp3) is 0.536. The molecule has 1 unspecified atom stereocenters. The first-order valence-electron chi connectivity index (χ1n) is 13.1. The van der Waals surface area contributed by atoms with Gasteiger partial charge in [0.25, 0.3) is 5.91 Å². The van der Waals surface area contributed by atoms with E-state index in [9.17, 15) is 13.2 Å². The van der Waals surface area contributed by atoms with Crippen LogP contribution in [-0.2, 0) is 23.0 Å². The molecular weight excluding hydrogens is 458 g/mol. The van der Waals surface area contributed by atoms with Gasteiger partial charge in [-0.3, -0.25) is 4.79 Å². The Kier molecular flexibility index (Phi) is 7.28. The molecule has 1 atom stereocenters. The fourth-order valence-electron chi connectivity index (χ4n) is 5.80. The van der Waals surface area contributed by atoms with Crippen molar-refractivity contribution in [1.82, 2.24) is 14.1 Å². The van der Waals surface area contributed by atoms with Crippen LogP contribution in [0, 0.1) is 11.8 Å². The molecule has 0 spiro atoms. The molecule has 0 radical (unpaired) electrons. The van der Waals surface area contributed by atoms with Crippen LogP contribution >= 0.6 is 0 Å². The van der Waals surface area contributed by atoms with Crippen LogP contribution in [-0.4, -0.2) is 67.7 Å². The minimum atomic E-state index is -3.67. The third-order valence-corrected chi connectivity index (χ3v) is 9.85. The lowest BCUT2D eigenvalue weighted by Gasteiger charge is -2.38. The molecule has 7 heteroatoms. The van der Waals surface area contributed by atoms with Crippen molar-refractivity contribution in [3.63, 3.8) is 0 Å². The van der Waals surface area contributed by atoms with E-state index < -0.39 is 10.0 Å². The average molecular weight is 496 g/mol. The van der Waals surface area contributed by atoms with Gasteiger partial charge in [-0.1, -0.05) is 37.3 Å². The molecule has 3 heterocycles. The lowest BCUT2D eigenvalue weighted by atomic mass is 9.94. The van der Waals surface area contributed by atoms with E-state index in [1.54, 1.807) is 24.3 Å². The molecule has 3 aliphatic heterocycles. The van der Waals surface area contributed by atoms with Gasteiger partial charge in [0, 0.05) is 38.3 Å². The summed E-state index contributed by atoms with van der Waals surface area (Å²) >= 11 is 0. The average Bonchev–Trinajstić information content (AvgIpc) is 2.89. The summed E-state index contributed by atoms with van der Waals surface area (Å²) in [7, 11) is -3.67. The largest absolute Gasteiger partial charge is 0.338 e. The van der Waals surface area contributed by atoms with Gasteiger partial charge in [-0.25, -0.2) is 8.42 Å². The SMILES string of the molecule is CC1CCN(CC2CCCN(C(=O)c3cccc(S(=O)(=O)N4CCc5ccccc5C4)c3)C2)CC1. The van der Waals surface area contributed by atoms with Gasteiger partial charge in [-0.15, -0.1) is 0 Å². The quantitative estimate of drug-likeness (QED) is 0.629. The molecule has 2 saturated heterocycles. The molecule has 0 aromatic heterocycles. The fourth-order valence-corrected chi connectivity index (χ4v) is 7.27. The third kappa shape index (κ3) is 5.47. The second kappa shape index (κ2) is 10.4. The van der Waals surface area contributed by atoms with Crippen molar-refractivity contribution in [1.29, 1.82) is 0 Å². The van der Waals surface area contributed by atoms with Crippen molar-refractivity contribution >= 4 is 15.9 Å². The van der Waals surface area contributed by atoms with Crippen LogP contribution in [0.5, 0.6) is 0 Å². The van der Waals surface area contributed by atoms with E-state index in [4.69, 9.17) is 0 Å². The molecule has 5 rings (SSSR count). The third-order valence-electron chi connectivity index (χ3n) is 8.01. The van der Waals surface area contributed by atoms with Crippen molar-refractivity contribution in [2.24, 2.45) is 11.8 Å². The molecular formula is C28H37N3O3S. The van der Waals surface area contributed by atoms with Crippen molar-refractivity contribution in [2.75, 3.05) is 39.3 Å². The van der Waals surface area contributed by atoms with Crippen molar-refractivity contribution in [3.8, 4) is 0 Å². The lowest BCUT2D eigenvalue weighted by Crippen LogP contribution is -2.45. The summed E-state index contributed by atoms with van der Waals surface area (Å²) in [4.78, 5) is 18.1. The highest BCUT2D eigenvalue weighted by Crippen LogP contribution is 2.27. The van der Waals surface area contributed by atoms with Crippen LogP contribution < -0.4 is 0 Å². The maximum atomic E-state index is 13.4. The smallest absolute Gasteiger partial charge is 0.253 e. The number of likely N-dealkylation sites (tertiary alicyclic amines) is 2. The summed E-state index contributed by atoms with van der Waals surface area (Å²) in [6.45, 7) is 8.04. The van der Waals surface area contributed by atoms with Gasteiger partial charge in [-0.2, -0.15) is 4.31 Å². The van der Waals surface area contributed by atoms with Crippen LogP contribution in [0.25, 0.3) is 0 Å². The normalized spacial score (nSPS) is 22.7. The minimum absolute atomic E-state index is 0.0528. The minimum Gasteiger partial charge on any atom is -0.338 e. The summed E-state index contributed by atoms with van der Waals surface area (Å²) in [6, 6.07) is 14.7. The number of carbonyl (C=O) groups excluding carboxylic acids is 1. The van der Waals surface area contributed by atoms with E-state index >= 15 is 0 Å². The van der Waals surface area contributed by atoms with E-state index in [1.165, 1.54) is 22.7 Å². The van der Waals surface area contributed by atoms with Crippen molar-refractivity contribution in [2.45, 2.75) is 50.5 Å². The molecule has 188 valence electrons. The second-order valence-corrected chi connectivity index (χ2v) is 12.6. The predicted octanol–water partition coefficient (Wildman–Crippen LogP) is 4.02. The van der Waals surface area contributed by atoms with Crippen molar-refractivity contribution < 1.29 is 13.2 Å². The van der Waals surface area contributed by atoms with Crippen LogP contribution in [0.4, 0.5) is 0 Å². The first-order valence-corrected chi connectivity index (χ1v) is 14.5. The molecule has 0 bridgehead atoms. The maximum absolute atomic E-state index is 13.4. The maximum Gasteiger partial charge on any atom is 0.253 e. The highest BCUT2D eigenvalue weighted by molar-refractivity contribution is 7.89. The molecule has 35 heavy (non-hydrogen) atoms. The number of sulfonamides is 1. The summed E-state index contributed by atoms with van der Waals surface area (Å²) in [5.41, 5.74) is 2.73. The van der Waals surface area contributed by atoms with Gasteiger partial charge < -0.3 is 9.80 Å². The lowest BCUT2D eigenvalue weighted by molar-refractivity contribution is 0.0622. The van der Waals surface area contributed by atoms with Crippen LogP contribution in [0.3, 0.4) is 0 Å². The molecule has 2 fully saturated rings. The number of rotatable bonds is 5. The van der Waals surface area contributed by atoms with Crippen LogP contribution in [0.1, 0.15) is 54.1 Å². The first kappa shape index (κ1) is 24.5. The zero-order valence-corrected chi connectivity index (χ0v) is 21.5. The Labute approximate surface area is 210 Å². The van der Waals surface area contributed by atoms with Gasteiger partial charge in [0.05, 0.1) is 4.90 Å². The number of piperidine rings is 2. The van der Waals surface area contributed by atoms with Gasteiger partial charge in [0.2, 0.25) is 10.0 Å². The zero-order valence-electron chi connectivity index (χ0n) is 20.7. The molecule has 0 N–H and O–H groups in total. The van der Waals surface area contributed by atoms with Crippen molar-refractivity contribution in [3.05, 3.63) is 65.2 Å². The molecule has 2 aromatic carbocycles. The number of fused-ring (bicyclic) bond motifs is 1. The number of amides is 1. The molecule has 3 aliphatic rings. The Hall–Kier alpha value is -2.22. The second-order valence-electron chi connectivity index (χ2n) is 10.6. The number of hydrogen-bond donors (Lipinski definition) is 0. The van der Waals surface area contributed by atoms with Crippen LogP contribution in [0.2, 0.25) is 0 Å². The van der Waals surface area contributed by atoms with E-state index in [0.29, 0.717) is 31.0 Å². The van der Waals surface area contributed by atoms with Gasteiger partial charge >= 0.3 is 0 Å². The predicted molar refractivity (Wildman–Crippen MR) is 138 cm³/mol. The summed E-state index contributed by atoms with van der Waals surface area (Å²) in [5, 5.41) is 0. The summed E-state index contributed by atoms with van der Waals surface area (Å²) < 4.78 is 28.4. The monoisotopic (exact) mass is 495 g/mol. The Morgan fingerprint density at radius 2 is 1.71 bits per heavy atom. The van der Waals surface area contributed by atoms with E-state index in [0.717, 1.165) is 57.0 Å². The van der Waals surface area contributed by atoms with E-state index in [-0.39, 0.29) is 10.8 Å². The number of nitrogens with zero attached hydrogens (tertiary/aromatic N) is 3. The molecule has 6 nitrogen and oxygen atoms in total. The zero-order chi connectivity index (χ0) is 24.4. The first-order chi connectivity index (χ1) is 16.9.